The third-order valence-electron chi connectivity index (χ3n) is 2.76. The summed E-state index contributed by atoms with van der Waals surface area (Å²) in [6.45, 7) is 0. The van der Waals surface area contributed by atoms with Gasteiger partial charge in [-0.2, -0.15) is 4.98 Å². The smallest absolute Gasteiger partial charge is 0.222 e. The molecule has 0 saturated carbocycles. The van der Waals surface area contributed by atoms with Gasteiger partial charge in [-0.1, -0.05) is 18.2 Å². The number of rotatable bonds is 2. The minimum absolute atomic E-state index is 0.238. The van der Waals surface area contributed by atoms with Crippen molar-refractivity contribution in [2.45, 2.75) is 0 Å². The number of para-hydroxylation sites is 1. The molecule has 0 aliphatic carbocycles. The van der Waals surface area contributed by atoms with E-state index in [0.29, 0.717) is 5.82 Å². The van der Waals surface area contributed by atoms with Crippen LogP contribution >= 0.6 is 0 Å². The second-order valence-electron chi connectivity index (χ2n) is 3.89. The van der Waals surface area contributed by atoms with Crippen LogP contribution in [0.2, 0.25) is 0 Å². The summed E-state index contributed by atoms with van der Waals surface area (Å²) in [5.41, 5.74) is 8.18. The molecular weight excluding hydrogens is 228 g/mol. The number of nitrogens with two attached hydrogens (primary N) is 1. The number of anilines is 2. The maximum absolute atomic E-state index is 5.69. The lowest BCUT2D eigenvalue weighted by molar-refractivity contribution is 0.617. The molecule has 0 radical (unpaired) electrons. The molecule has 0 fully saturated rings. The van der Waals surface area contributed by atoms with Gasteiger partial charge in [-0.15, -0.1) is 0 Å². The van der Waals surface area contributed by atoms with Crippen LogP contribution in [0.3, 0.4) is 0 Å². The van der Waals surface area contributed by atoms with Gasteiger partial charge in [0.2, 0.25) is 5.95 Å². The molecule has 5 nitrogen and oxygen atoms in total. The Bertz CT molecular complexity index is 705. The zero-order valence-corrected chi connectivity index (χ0v) is 9.84. The van der Waals surface area contributed by atoms with E-state index in [9.17, 15) is 0 Å². The quantitative estimate of drug-likeness (QED) is 0.719. The average Bonchev–Trinajstić information content (AvgIpc) is 2.81. The third-order valence-corrected chi connectivity index (χ3v) is 2.76. The molecule has 0 aliphatic heterocycles. The zero-order chi connectivity index (χ0) is 12.5. The molecular formula is C13H12N4O. The summed E-state index contributed by atoms with van der Waals surface area (Å²) in [6, 6.07) is 9.65. The fourth-order valence-corrected chi connectivity index (χ4v) is 1.91. The van der Waals surface area contributed by atoms with Crippen molar-refractivity contribution in [2.24, 2.45) is 0 Å². The highest BCUT2D eigenvalue weighted by molar-refractivity contribution is 5.93. The van der Waals surface area contributed by atoms with Gasteiger partial charge in [-0.05, 0) is 6.07 Å². The molecule has 5 heteroatoms. The minimum atomic E-state index is 0.238. The summed E-state index contributed by atoms with van der Waals surface area (Å²) in [7, 11) is 1.79. The standard InChI is InChI=1S/C13H12N4O/c1-15-12-6-10(16-13(14)17-12)9-7-18-11-5-3-2-4-8(9)11/h2-7H,1H3,(H3,14,15,16,17). The molecule has 90 valence electrons. The van der Waals surface area contributed by atoms with Crippen LogP contribution in [0.4, 0.5) is 11.8 Å². The molecule has 0 unspecified atom stereocenters. The molecule has 0 saturated heterocycles. The van der Waals surface area contributed by atoms with E-state index < -0.39 is 0 Å². The Morgan fingerprint density at radius 2 is 2.06 bits per heavy atom. The van der Waals surface area contributed by atoms with Gasteiger partial charge >= 0.3 is 0 Å². The van der Waals surface area contributed by atoms with Crippen molar-refractivity contribution in [1.29, 1.82) is 0 Å². The summed E-state index contributed by atoms with van der Waals surface area (Å²) in [6.07, 6.45) is 1.69. The Labute approximate surface area is 104 Å². The van der Waals surface area contributed by atoms with Gasteiger partial charge in [0.25, 0.3) is 0 Å². The molecule has 0 aliphatic rings. The molecule has 0 atom stereocenters. The molecule has 0 amide bonds. The molecule has 3 aromatic rings. The minimum Gasteiger partial charge on any atom is -0.464 e. The van der Waals surface area contributed by atoms with Gasteiger partial charge < -0.3 is 15.5 Å². The molecule has 0 spiro atoms. The lowest BCUT2D eigenvalue weighted by Crippen LogP contribution is -2.00. The van der Waals surface area contributed by atoms with Crippen molar-refractivity contribution >= 4 is 22.7 Å². The van der Waals surface area contributed by atoms with Crippen molar-refractivity contribution < 1.29 is 4.42 Å². The summed E-state index contributed by atoms with van der Waals surface area (Å²) in [4.78, 5) is 8.31. The SMILES string of the molecule is CNc1cc(-c2coc3ccccc23)nc(N)n1. The topological polar surface area (TPSA) is 77.0 Å². The number of furan rings is 1. The summed E-state index contributed by atoms with van der Waals surface area (Å²) in [5, 5.41) is 3.97. The van der Waals surface area contributed by atoms with E-state index in [-0.39, 0.29) is 5.95 Å². The van der Waals surface area contributed by atoms with Crippen LogP contribution in [0.1, 0.15) is 0 Å². The Hall–Kier alpha value is -2.56. The van der Waals surface area contributed by atoms with E-state index >= 15 is 0 Å². The number of hydrogen-bond acceptors (Lipinski definition) is 5. The maximum atomic E-state index is 5.69. The first-order valence-electron chi connectivity index (χ1n) is 5.57. The zero-order valence-electron chi connectivity index (χ0n) is 9.84. The van der Waals surface area contributed by atoms with Crippen LogP contribution in [0.15, 0.2) is 41.0 Å². The Morgan fingerprint density at radius 3 is 2.89 bits per heavy atom. The fourth-order valence-electron chi connectivity index (χ4n) is 1.91. The molecule has 3 N–H and O–H groups in total. The molecule has 2 aromatic heterocycles. The monoisotopic (exact) mass is 240 g/mol. The molecule has 1 aromatic carbocycles. The predicted octanol–water partition coefficient (Wildman–Crippen LogP) is 2.51. The van der Waals surface area contributed by atoms with Crippen LogP contribution in [-0.2, 0) is 0 Å². The number of hydrogen-bond donors (Lipinski definition) is 2. The van der Waals surface area contributed by atoms with Gasteiger partial charge in [-0.25, -0.2) is 4.98 Å². The van der Waals surface area contributed by atoms with Crippen molar-refractivity contribution in [3.8, 4) is 11.3 Å². The normalized spacial score (nSPS) is 10.7. The van der Waals surface area contributed by atoms with Crippen LogP contribution in [0.25, 0.3) is 22.2 Å². The van der Waals surface area contributed by atoms with E-state index in [0.717, 1.165) is 22.2 Å². The van der Waals surface area contributed by atoms with Gasteiger partial charge in [-0.3, -0.25) is 0 Å². The van der Waals surface area contributed by atoms with Crippen molar-refractivity contribution in [3.05, 3.63) is 36.6 Å². The highest BCUT2D eigenvalue weighted by atomic mass is 16.3. The van der Waals surface area contributed by atoms with E-state index in [1.54, 1.807) is 13.3 Å². The first-order valence-corrected chi connectivity index (χ1v) is 5.57. The second kappa shape index (κ2) is 4.03. The number of aromatic nitrogens is 2. The van der Waals surface area contributed by atoms with Gasteiger partial charge in [0.1, 0.15) is 17.7 Å². The van der Waals surface area contributed by atoms with Crippen LogP contribution in [-0.4, -0.2) is 17.0 Å². The lowest BCUT2D eigenvalue weighted by Gasteiger charge is -2.03. The van der Waals surface area contributed by atoms with E-state index in [2.05, 4.69) is 15.3 Å². The van der Waals surface area contributed by atoms with Gasteiger partial charge in [0.05, 0.1) is 5.69 Å². The van der Waals surface area contributed by atoms with E-state index in [1.165, 1.54) is 0 Å². The number of nitrogens with zero attached hydrogens (tertiary/aromatic N) is 2. The lowest BCUT2D eigenvalue weighted by atomic mass is 10.1. The van der Waals surface area contributed by atoms with Crippen molar-refractivity contribution in [1.82, 2.24) is 9.97 Å². The first-order chi connectivity index (χ1) is 8.78. The molecule has 3 rings (SSSR count). The average molecular weight is 240 g/mol. The Kier molecular flexibility index (Phi) is 2.37. The summed E-state index contributed by atoms with van der Waals surface area (Å²) >= 11 is 0. The number of benzene rings is 1. The van der Waals surface area contributed by atoms with Crippen molar-refractivity contribution in [2.75, 3.05) is 18.1 Å². The summed E-state index contributed by atoms with van der Waals surface area (Å²) in [5.74, 6) is 0.921. The Balaban J connectivity index is 2.22. The molecule has 18 heavy (non-hydrogen) atoms. The molecule has 0 bridgehead atoms. The van der Waals surface area contributed by atoms with Gasteiger partial charge in [0.15, 0.2) is 0 Å². The van der Waals surface area contributed by atoms with Crippen molar-refractivity contribution in [3.63, 3.8) is 0 Å². The number of nitrogen functional groups attached to an aromatic ring is 1. The Morgan fingerprint density at radius 1 is 1.22 bits per heavy atom. The largest absolute Gasteiger partial charge is 0.464 e. The third kappa shape index (κ3) is 1.66. The van der Waals surface area contributed by atoms with Crippen LogP contribution < -0.4 is 11.1 Å². The predicted molar refractivity (Wildman–Crippen MR) is 71.2 cm³/mol. The van der Waals surface area contributed by atoms with Crippen LogP contribution in [0.5, 0.6) is 0 Å². The highest BCUT2D eigenvalue weighted by Gasteiger charge is 2.10. The fraction of sp³-hybridized carbons (Fsp3) is 0.0769. The first kappa shape index (κ1) is 10.6. The van der Waals surface area contributed by atoms with Crippen LogP contribution in [0, 0.1) is 0 Å². The highest BCUT2D eigenvalue weighted by Crippen LogP contribution is 2.30. The summed E-state index contributed by atoms with van der Waals surface area (Å²) < 4.78 is 5.50. The van der Waals surface area contributed by atoms with E-state index in [1.807, 2.05) is 30.3 Å². The number of fused-ring (bicyclic) bond motifs is 1. The van der Waals surface area contributed by atoms with E-state index in [4.69, 9.17) is 10.2 Å². The number of nitrogens with one attached hydrogen (secondary N) is 1. The van der Waals surface area contributed by atoms with Gasteiger partial charge in [0, 0.05) is 24.1 Å². The molecule has 2 heterocycles. The second-order valence-corrected chi connectivity index (χ2v) is 3.89. The maximum Gasteiger partial charge on any atom is 0.222 e.